The lowest BCUT2D eigenvalue weighted by Gasteiger charge is -2.16. The first-order valence-corrected chi connectivity index (χ1v) is 4.35. The van der Waals surface area contributed by atoms with Gasteiger partial charge in [0, 0.05) is 5.41 Å². The third-order valence-electron chi connectivity index (χ3n) is 1.79. The number of aldehydes is 1. The Morgan fingerprint density at radius 1 is 1.43 bits per heavy atom. The lowest BCUT2D eigenvalue weighted by atomic mass is 9.95. The number of nitrogens with zero attached hydrogens (tertiary/aromatic N) is 2. The number of ether oxygens (including phenoxy) is 1. The van der Waals surface area contributed by atoms with Crippen molar-refractivity contribution in [2.24, 2.45) is 0 Å². The van der Waals surface area contributed by atoms with Gasteiger partial charge in [-0.15, -0.1) is 0 Å². The molecule has 1 aromatic rings. The van der Waals surface area contributed by atoms with Crippen molar-refractivity contribution in [2.75, 3.05) is 7.11 Å². The van der Waals surface area contributed by atoms with Crippen molar-refractivity contribution in [2.45, 2.75) is 26.2 Å². The van der Waals surface area contributed by atoms with Crippen molar-refractivity contribution in [3.63, 3.8) is 0 Å². The Morgan fingerprint density at radius 2 is 2.07 bits per heavy atom. The minimum atomic E-state index is -0.163. The molecule has 0 unspecified atom stereocenters. The standard InChI is InChI=1S/C10H14N2O2/c1-10(2,3)9-11-5-8(14-4)7(6-13)12-9/h5-6H,1-4H3. The summed E-state index contributed by atoms with van der Waals surface area (Å²) in [6.07, 6.45) is 2.20. The fourth-order valence-electron chi connectivity index (χ4n) is 0.987. The SMILES string of the molecule is COc1cnc(C(C)(C)C)nc1C=O. The second kappa shape index (κ2) is 3.74. The van der Waals surface area contributed by atoms with Gasteiger partial charge in [-0.3, -0.25) is 4.79 Å². The van der Waals surface area contributed by atoms with Crippen LogP contribution in [-0.2, 0) is 5.41 Å². The molecule has 4 heteroatoms. The van der Waals surface area contributed by atoms with Gasteiger partial charge in [-0.1, -0.05) is 20.8 Å². The van der Waals surface area contributed by atoms with Crippen molar-refractivity contribution in [1.29, 1.82) is 0 Å². The zero-order valence-electron chi connectivity index (χ0n) is 8.87. The normalized spacial score (nSPS) is 11.1. The molecule has 0 spiro atoms. The Balaban J connectivity index is 3.21. The third kappa shape index (κ3) is 2.07. The molecule has 1 heterocycles. The van der Waals surface area contributed by atoms with Gasteiger partial charge >= 0.3 is 0 Å². The molecule has 0 atom stereocenters. The van der Waals surface area contributed by atoms with Crippen LogP contribution < -0.4 is 4.74 Å². The highest BCUT2D eigenvalue weighted by Gasteiger charge is 2.19. The number of methoxy groups -OCH3 is 1. The summed E-state index contributed by atoms with van der Waals surface area (Å²) in [6, 6.07) is 0. The molecule has 0 aliphatic rings. The first kappa shape index (κ1) is 10.6. The van der Waals surface area contributed by atoms with Crippen LogP contribution in [0.4, 0.5) is 0 Å². The number of aromatic nitrogens is 2. The number of carbonyl (C=O) groups excluding carboxylic acids is 1. The second-order valence-corrected chi connectivity index (χ2v) is 4.02. The molecule has 0 aliphatic heterocycles. The zero-order chi connectivity index (χ0) is 10.8. The van der Waals surface area contributed by atoms with Crippen LogP contribution in [0.15, 0.2) is 6.20 Å². The number of carbonyl (C=O) groups is 1. The van der Waals surface area contributed by atoms with Gasteiger partial charge < -0.3 is 4.74 Å². The summed E-state index contributed by atoms with van der Waals surface area (Å²) < 4.78 is 4.95. The highest BCUT2D eigenvalue weighted by Crippen LogP contribution is 2.21. The van der Waals surface area contributed by atoms with Gasteiger partial charge in [-0.05, 0) is 0 Å². The van der Waals surface area contributed by atoms with E-state index in [4.69, 9.17) is 4.74 Å². The third-order valence-corrected chi connectivity index (χ3v) is 1.79. The fourth-order valence-corrected chi connectivity index (χ4v) is 0.987. The Bertz CT molecular complexity index is 342. The van der Waals surface area contributed by atoms with E-state index in [1.807, 2.05) is 20.8 Å². The van der Waals surface area contributed by atoms with E-state index in [0.717, 1.165) is 0 Å². The number of rotatable bonds is 2. The van der Waals surface area contributed by atoms with Crippen molar-refractivity contribution in [3.05, 3.63) is 17.7 Å². The van der Waals surface area contributed by atoms with E-state index in [1.165, 1.54) is 13.3 Å². The van der Waals surface area contributed by atoms with E-state index in [1.54, 1.807) is 0 Å². The summed E-state index contributed by atoms with van der Waals surface area (Å²) in [7, 11) is 1.49. The highest BCUT2D eigenvalue weighted by atomic mass is 16.5. The lowest BCUT2D eigenvalue weighted by molar-refractivity contribution is 0.111. The molecule has 76 valence electrons. The van der Waals surface area contributed by atoms with Gasteiger partial charge in [0.2, 0.25) is 0 Å². The van der Waals surface area contributed by atoms with E-state index in [0.29, 0.717) is 23.6 Å². The molecule has 0 aliphatic carbocycles. The van der Waals surface area contributed by atoms with Gasteiger partial charge in [0.1, 0.15) is 11.5 Å². The summed E-state index contributed by atoms with van der Waals surface area (Å²) in [5, 5.41) is 0. The van der Waals surface area contributed by atoms with Crippen LogP contribution in [-0.4, -0.2) is 23.4 Å². The monoisotopic (exact) mass is 194 g/mol. The molecule has 0 fully saturated rings. The zero-order valence-corrected chi connectivity index (χ0v) is 8.87. The Labute approximate surface area is 83.3 Å². The molecule has 4 nitrogen and oxygen atoms in total. The largest absolute Gasteiger partial charge is 0.493 e. The molecule has 0 aromatic carbocycles. The molecule has 0 saturated carbocycles. The van der Waals surface area contributed by atoms with Crippen LogP contribution in [0.2, 0.25) is 0 Å². The minimum Gasteiger partial charge on any atom is -0.493 e. The van der Waals surface area contributed by atoms with Crippen molar-refractivity contribution < 1.29 is 9.53 Å². The summed E-state index contributed by atoms with van der Waals surface area (Å²) in [5.41, 5.74) is 0.136. The lowest BCUT2D eigenvalue weighted by Crippen LogP contribution is -2.17. The first-order valence-electron chi connectivity index (χ1n) is 4.35. The molecule has 0 bridgehead atoms. The first-order chi connectivity index (χ1) is 6.49. The van der Waals surface area contributed by atoms with E-state index >= 15 is 0 Å². The van der Waals surface area contributed by atoms with Crippen LogP contribution >= 0.6 is 0 Å². The van der Waals surface area contributed by atoms with E-state index in [9.17, 15) is 4.79 Å². The predicted molar refractivity (Wildman–Crippen MR) is 52.7 cm³/mol. The average molecular weight is 194 g/mol. The van der Waals surface area contributed by atoms with Crippen LogP contribution in [0.25, 0.3) is 0 Å². The number of hydrogen-bond donors (Lipinski definition) is 0. The van der Waals surface area contributed by atoms with E-state index in [2.05, 4.69) is 9.97 Å². The molecule has 0 saturated heterocycles. The average Bonchev–Trinajstić information content (AvgIpc) is 2.15. The molecule has 1 aromatic heterocycles. The molecule has 0 amide bonds. The molecular formula is C10H14N2O2. The smallest absolute Gasteiger partial charge is 0.172 e. The van der Waals surface area contributed by atoms with Gasteiger partial charge in [-0.2, -0.15) is 0 Å². The van der Waals surface area contributed by atoms with Crippen LogP contribution in [0.3, 0.4) is 0 Å². The maximum absolute atomic E-state index is 10.7. The Hall–Kier alpha value is -1.45. The van der Waals surface area contributed by atoms with Crippen LogP contribution in [0.1, 0.15) is 37.1 Å². The van der Waals surface area contributed by atoms with Gasteiger partial charge in [0.05, 0.1) is 13.3 Å². The molecule has 14 heavy (non-hydrogen) atoms. The predicted octanol–water partition coefficient (Wildman–Crippen LogP) is 1.60. The summed E-state index contributed by atoms with van der Waals surface area (Å²) in [6.45, 7) is 5.97. The second-order valence-electron chi connectivity index (χ2n) is 4.02. The minimum absolute atomic E-state index is 0.163. The van der Waals surface area contributed by atoms with Crippen LogP contribution in [0.5, 0.6) is 5.75 Å². The molecule has 1 rings (SSSR count). The quantitative estimate of drug-likeness (QED) is 0.671. The Morgan fingerprint density at radius 3 is 2.50 bits per heavy atom. The van der Waals surface area contributed by atoms with Gasteiger partial charge in [0.15, 0.2) is 12.0 Å². The topological polar surface area (TPSA) is 52.1 Å². The van der Waals surface area contributed by atoms with Crippen molar-refractivity contribution >= 4 is 6.29 Å². The molecule has 0 N–H and O–H groups in total. The summed E-state index contributed by atoms with van der Waals surface area (Å²) in [4.78, 5) is 19.0. The molecule has 0 radical (unpaired) electrons. The summed E-state index contributed by atoms with van der Waals surface area (Å²) in [5.74, 6) is 1.05. The van der Waals surface area contributed by atoms with E-state index in [-0.39, 0.29) is 5.41 Å². The highest BCUT2D eigenvalue weighted by molar-refractivity contribution is 5.75. The van der Waals surface area contributed by atoms with Crippen molar-refractivity contribution in [3.8, 4) is 5.75 Å². The maximum Gasteiger partial charge on any atom is 0.172 e. The van der Waals surface area contributed by atoms with Gasteiger partial charge in [-0.25, -0.2) is 9.97 Å². The van der Waals surface area contributed by atoms with Gasteiger partial charge in [0.25, 0.3) is 0 Å². The van der Waals surface area contributed by atoms with Crippen molar-refractivity contribution in [1.82, 2.24) is 9.97 Å². The maximum atomic E-state index is 10.7. The number of hydrogen-bond acceptors (Lipinski definition) is 4. The molecular weight excluding hydrogens is 180 g/mol. The summed E-state index contributed by atoms with van der Waals surface area (Å²) >= 11 is 0. The Kier molecular flexibility index (Phi) is 2.84. The fraction of sp³-hybridized carbons (Fsp3) is 0.500. The van der Waals surface area contributed by atoms with Crippen LogP contribution in [0, 0.1) is 0 Å². The van der Waals surface area contributed by atoms with E-state index < -0.39 is 0 Å².